The average Bonchev–Trinajstić information content (AvgIpc) is 2.67. The second-order valence-electron chi connectivity index (χ2n) is 6.90. The maximum Gasteiger partial charge on any atom is 0.282 e. The van der Waals surface area contributed by atoms with Gasteiger partial charge < -0.3 is 15.4 Å². The number of rotatable bonds is 8. The van der Waals surface area contributed by atoms with Gasteiger partial charge in [-0.1, -0.05) is 44.2 Å². The Balaban J connectivity index is 2.06. The van der Waals surface area contributed by atoms with Crippen LogP contribution in [-0.4, -0.2) is 19.1 Å². The van der Waals surface area contributed by atoms with E-state index in [9.17, 15) is 4.79 Å². The fourth-order valence-corrected chi connectivity index (χ4v) is 3.17. The van der Waals surface area contributed by atoms with Crippen LogP contribution < -0.4 is 15.4 Å². The highest BCUT2D eigenvalue weighted by Gasteiger charge is 2.23. The SMILES string of the molecule is CC[C@H](C)c1ccccc1NC(=O)[C@H](C)[NH2+][C@@H](C)c1ccccc1OC. The number of methoxy groups -OCH3 is 1. The summed E-state index contributed by atoms with van der Waals surface area (Å²) in [6.45, 7) is 8.38. The van der Waals surface area contributed by atoms with Crippen LogP contribution in [0, 0.1) is 0 Å². The summed E-state index contributed by atoms with van der Waals surface area (Å²) in [6.07, 6.45) is 1.04. The number of carbonyl (C=O) groups is 1. The highest BCUT2D eigenvalue weighted by atomic mass is 16.5. The van der Waals surface area contributed by atoms with Crippen molar-refractivity contribution >= 4 is 11.6 Å². The molecule has 2 aromatic rings. The lowest BCUT2D eigenvalue weighted by atomic mass is 9.97. The molecule has 0 unspecified atom stereocenters. The molecule has 26 heavy (non-hydrogen) atoms. The first kappa shape index (κ1) is 20.0. The summed E-state index contributed by atoms with van der Waals surface area (Å²) in [5.41, 5.74) is 3.19. The molecular formula is C22H31N2O2+. The molecular weight excluding hydrogens is 324 g/mol. The van der Waals surface area contributed by atoms with Gasteiger partial charge in [0.25, 0.3) is 5.91 Å². The first-order valence-corrected chi connectivity index (χ1v) is 9.35. The van der Waals surface area contributed by atoms with Gasteiger partial charge in [-0.15, -0.1) is 0 Å². The number of hydrogen-bond donors (Lipinski definition) is 2. The highest BCUT2D eigenvalue weighted by molar-refractivity contribution is 5.94. The maximum atomic E-state index is 12.7. The third-order valence-corrected chi connectivity index (χ3v) is 4.98. The average molecular weight is 356 g/mol. The summed E-state index contributed by atoms with van der Waals surface area (Å²) in [4.78, 5) is 12.7. The predicted molar refractivity (Wildman–Crippen MR) is 107 cm³/mol. The lowest BCUT2D eigenvalue weighted by molar-refractivity contribution is -0.709. The summed E-state index contributed by atoms with van der Waals surface area (Å²) in [5, 5.41) is 5.18. The summed E-state index contributed by atoms with van der Waals surface area (Å²) in [5.74, 6) is 1.28. The van der Waals surface area contributed by atoms with Crippen molar-refractivity contribution in [2.24, 2.45) is 0 Å². The zero-order valence-corrected chi connectivity index (χ0v) is 16.5. The van der Waals surface area contributed by atoms with Crippen LogP contribution in [0.3, 0.4) is 0 Å². The third-order valence-electron chi connectivity index (χ3n) is 4.98. The molecule has 4 nitrogen and oxygen atoms in total. The van der Waals surface area contributed by atoms with Gasteiger partial charge in [0.1, 0.15) is 11.8 Å². The molecule has 0 saturated heterocycles. The van der Waals surface area contributed by atoms with Crippen molar-refractivity contribution in [3.05, 3.63) is 59.7 Å². The monoisotopic (exact) mass is 355 g/mol. The molecule has 0 spiro atoms. The van der Waals surface area contributed by atoms with Gasteiger partial charge >= 0.3 is 0 Å². The molecule has 3 atom stereocenters. The Kier molecular flexibility index (Phi) is 7.22. The molecule has 0 aliphatic rings. The van der Waals surface area contributed by atoms with Gasteiger partial charge in [0.05, 0.1) is 12.7 Å². The molecule has 0 aliphatic heterocycles. The van der Waals surface area contributed by atoms with Gasteiger partial charge in [0.2, 0.25) is 0 Å². The molecule has 0 fully saturated rings. The van der Waals surface area contributed by atoms with Crippen LogP contribution in [0.15, 0.2) is 48.5 Å². The molecule has 0 heterocycles. The number of anilines is 1. The van der Waals surface area contributed by atoms with Crippen molar-refractivity contribution in [2.75, 3.05) is 12.4 Å². The van der Waals surface area contributed by atoms with Crippen LogP contribution in [0.25, 0.3) is 0 Å². The quantitative estimate of drug-likeness (QED) is 0.755. The molecule has 0 aliphatic carbocycles. The zero-order chi connectivity index (χ0) is 19.1. The van der Waals surface area contributed by atoms with Gasteiger partial charge in [-0.2, -0.15) is 0 Å². The molecule has 0 saturated carbocycles. The number of hydrogen-bond acceptors (Lipinski definition) is 2. The summed E-state index contributed by atoms with van der Waals surface area (Å²) >= 11 is 0. The van der Waals surface area contributed by atoms with Crippen molar-refractivity contribution in [1.29, 1.82) is 0 Å². The largest absolute Gasteiger partial charge is 0.496 e. The summed E-state index contributed by atoms with van der Waals surface area (Å²) < 4.78 is 5.44. The Morgan fingerprint density at radius 3 is 2.31 bits per heavy atom. The minimum atomic E-state index is -0.208. The molecule has 0 radical (unpaired) electrons. The van der Waals surface area contributed by atoms with Gasteiger partial charge in [0, 0.05) is 5.69 Å². The van der Waals surface area contributed by atoms with Crippen LogP contribution in [0.2, 0.25) is 0 Å². The standard InChI is InChI=1S/C22H30N2O2/c1-6-15(2)18-11-7-9-13-20(18)24-22(25)17(4)23-16(3)19-12-8-10-14-21(19)26-5/h7-17,23H,6H2,1-5H3,(H,24,25)/p+1/t15-,16-,17-/m0/s1. The Hall–Kier alpha value is -2.33. The number of nitrogens with one attached hydrogen (secondary N) is 1. The Bertz CT molecular complexity index is 730. The van der Waals surface area contributed by atoms with Gasteiger partial charge in [0.15, 0.2) is 6.04 Å². The molecule has 0 bridgehead atoms. The smallest absolute Gasteiger partial charge is 0.282 e. The molecule has 1 amide bonds. The van der Waals surface area contributed by atoms with Crippen molar-refractivity contribution in [2.45, 2.75) is 52.1 Å². The minimum Gasteiger partial charge on any atom is -0.496 e. The third kappa shape index (κ3) is 4.85. The Morgan fingerprint density at radius 1 is 1.04 bits per heavy atom. The number of ether oxygens (including phenoxy) is 1. The van der Waals surface area contributed by atoms with Crippen LogP contribution in [0.4, 0.5) is 5.69 Å². The van der Waals surface area contributed by atoms with Crippen molar-refractivity contribution in [3.63, 3.8) is 0 Å². The Morgan fingerprint density at radius 2 is 1.65 bits per heavy atom. The number of benzene rings is 2. The van der Waals surface area contributed by atoms with Gasteiger partial charge in [-0.3, -0.25) is 4.79 Å². The number of carbonyl (C=O) groups excluding carboxylic acids is 1. The second-order valence-corrected chi connectivity index (χ2v) is 6.90. The predicted octanol–water partition coefficient (Wildman–Crippen LogP) is 3.86. The molecule has 2 rings (SSSR count). The molecule has 2 aromatic carbocycles. The van der Waals surface area contributed by atoms with Crippen LogP contribution in [0.1, 0.15) is 57.2 Å². The number of nitrogens with two attached hydrogens (primary N) is 1. The molecule has 3 N–H and O–H groups in total. The van der Waals surface area contributed by atoms with E-state index in [1.807, 2.05) is 49.4 Å². The fourth-order valence-electron chi connectivity index (χ4n) is 3.17. The van der Waals surface area contributed by atoms with E-state index in [1.165, 1.54) is 5.56 Å². The minimum absolute atomic E-state index is 0.0162. The lowest BCUT2D eigenvalue weighted by Crippen LogP contribution is -2.91. The van der Waals surface area contributed by atoms with Crippen molar-refractivity contribution < 1.29 is 14.8 Å². The Labute approximate surface area is 157 Å². The number of para-hydroxylation sites is 2. The lowest BCUT2D eigenvalue weighted by Gasteiger charge is -2.20. The van der Waals surface area contributed by atoms with E-state index in [0.717, 1.165) is 23.4 Å². The van der Waals surface area contributed by atoms with Crippen molar-refractivity contribution in [3.8, 4) is 5.75 Å². The van der Waals surface area contributed by atoms with Crippen LogP contribution in [0.5, 0.6) is 5.75 Å². The first-order valence-electron chi connectivity index (χ1n) is 9.35. The molecule has 0 aromatic heterocycles. The zero-order valence-electron chi connectivity index (χ0n) is 16.5. The topological polar surface area (TPSA) is 54.9 Å². The molecule has 140 valence electrons. The van der Waals surface area contributed by atoms with Crippen molar-refractivity contribution in [1.82, 2.24) is 0 Å². The number of quaternary nitrogens is 1. The maximum absolute atomic E-state index is 12.7. The van der Waals surface area contributed by atoms with E-state index in [4.69, 9.17) is 4.74 Å². The summed E-state index contributed by atoms with van der Waals surface area (Å²) in [6, 6.07) is 15.9. The van der Waals surface area contributed by atoms with E-state index in [0.29, 0.717) is 5.92 Å². The van der Waals surface area contributed by atoms with Crippen LogP contribution in [-0.2, 0) is 4.79 Å². The van der Waals surface area contributed by atoms with Crippen LogP contribution >= 0.6 is 0 Å². The van der Waals surface area contributed by atoms with E-state index in [1.54, 1.807) is 7.11 Å². The van der Waals surface area contributed by atoms with E-state index in [2.05, 4.69) is 37.5 Å². The van der Waals surface area contributed by atoms with Gasteiger partial charge in [-0.05, 0) is 49.9 Å². The highest BCUT2D eigenvalue weighted by Crippen LogP contribution is 2.26. The van der Waals surface area contributed by atoms with Gasteiger partial charge in [-0.25, -0.2) is 0 Å². The van der Waals surface area contributed by atoms with E-state index >= 15 is 0 Å². The first-order chi connectivity index (χ1) is 12.5. The molecule has 4 heteroatoms. The normalized spacial score (nSPS) is 14.3. The summed E-state index contributed by atoms with van der Waals surface area (Å²) in [7, 11) is 1.67. The van der Waals surface area contributed by atoms with E-state index in [-0.39, 0.29) is 18.0 Å². The van der Waals surface area contributed by atoms with E-state index < -0.39 is 0 Å². The number of amides is 1. The second kappa shape index (κ2) is 9.39. The fraction of sp³-hybridized carbons (Fsp3) is 0.409.